The fourth-order valence-electron chi connectivity index (χ4n) is 3.77. The highest BCUT2D eigenvalue weighted by molar-refractivity contribution is 7.80. The third-order valence-electron chi connectivity index (χ3n) is 5.78. The Morgan fingerprint density at radius 2 is 1.58 bits per heavy atom. The Labute approximate surface area is 229 Å². The van der Waals surface area contributed by atoms with Crippen LogP contribution in [0.25, 0.3) is 0 Å². The van der Waals surface area contributed by atoms with Crippen LogP contribution >= 0.6 is 12.2 Å². The molecule has 0 saturated carbocycles. The molecule has 0 spiro atoms. The Morgan fingerprint density at radius 3 is 2.32 bits per heavy atom. The van der Waals surface area contributed by atoms with Crippen LogP contribution in [0.3, 0.4) is 0 Å². The second kappa shape index (κ2) is 15.3. The van der Waals surface area contributed by atoms with Crippen molar-refractivity contribution in [3.05, 3.63) is 102 Å². The summed E-state index contributed by atoms with van der Waals surface area (Å²) < 4.78 is 5.24. The topological polar surface area (TPSA) is 96.5 Å². The van der Waals surface area contributed by atoms with Crippen molar-refractivity contribution >= 4 is 40.8 Å². The summed E-state index contributed by atoms with van der Waals surface area (Å²) in [5.74, 6) is -0.833. The molecule has 3 aromatic rings. The second-order valence-electron chi connectivity index (χ2n) is 8.85. The lowest BCUT2D eigenvalue weighted by atomic mass is 10.1. The van der Waals surface area contributed by atoms with E-state index in [1.54, 1.807) is 24.3 Å². The summed E-state index contributed by atoms with van der Waals surface area (Å²) in [5.41, 5.74) is 3.26. The monoisotopic (exact) mass is 531 g/mol. The minimum absolute atomic E-state index is 0.119. The molecule has 3 N–H and O–H groups in total. The van der Waals surface area contributed by atoms with Crippen molar-refractivity contribution < 1.29 is 19.1 Å². The molecule has 0 radical (unpaired) electrons. The number of nitrogens with one attached hydrogen (secondary N) is 3. The van der Waals surface area contributed by atoms with Crippen LogP contribution in [0.15, 0.2) is 84.9 Å². The second-order valence-corrected chi connectivity index (χ2v) is 9.26. The van der Waals surface area contributed by atoms with Gasteiger partial charge >= 0.3 is 5.97 Å². The molecule has 0 bridgehead atoms. The van der Waals surface area contributed by atoms with E-state index in [1.165, 1.54) is 5.56 Å². The van der Waals surface area contributed by atoms with E-state index in [0.29, 0.717) is 24.3 Å². The van der Waals surface area contributed by atoms with Gasteiger partial charge in [-0.25, -0.2) is 0 Å². The molecule has 0 saturated heterocycles. The molecule has 3 aromatic carbocycles. The maximum Gasteiger partial charge on any atom is 0.305 e. The fraction of sp³-hybridized carbons (Fsp3) is 0.267. The van der Waals surface area contributed by atoms with Crippen molar-refractivity contribution in [2.75, 3.05) is 11.9 Å². The first-order chi connectivity index (χ1) is 18.4. The number of amides is 2. The third kappa shape index (κ3) is 10.1. The summed E-state index contributed by atoms with van der Waals surface area (Å²) in [4.78, 5) is 36.8. The molecule has 38 heavy (non-hydrogen) atoms. The maximum absolute atomic E-state index is 12.7. The number of anilines is 1. The van der Waals surface area contributed by atoms with E-state index in [9.17, 15) is 14.4 Å². The van der Waals surface area contributed by atoms with E-state index < -0.39 is 0 Å². The first kappa shape index (κ1) is 28.5. The quantitative estimate of drug-likeness (QED) is 0.166. The van der Waals surface area contributed by atoms with Crippen molar-refractivity contribution in [2.24, 2.45) is 0 Å². The van der Waals surface area contributed by atoms with Gasteiger partial charge in [0.1, 0.15) is 0 Å². The van der Waals surface area contributed by atoms with Crippen molar-refractivity contribution in [3.8, 4) is 0 Å². The van der Waals surface area contributed by atoms with Crippen molar-refractivity contribution in [1.29, 1.82) is 0 Å². The van der Waals surface area contributed by atoms with Gasteiger partial charge in [0, 0.05) is 24.1 Å². The average molecular weight is 532 g/mol. The molecule has 8 heteroatoms. The Bertz CT molecular complexity index is 1220. The number of carbonyl (C=O) groups is 3. The summed E-state index contributed by atoms with van der Waals surface area (Å²) in [6.07, 6.45) is 2.27. The van der Waals surface area contributed by atoms with Gasteiger partial charge in [0.2, 0.25) is 5.91 Å². The van der Waals surface area contributed by atoms with Gasteiger partial charge in [-0.05, 0) is 67.7 Å². The Hall–Kier alpha value is -4.04. The van der Waals surface area contributed by atoms with Gasteiger partial charge in [-0.1, -0.05) is 66.7 Å². The van der Waals surface area contributed by atoms with Crippen LogP contribution in [-0.4, -0.2) is 29.5 Å². The molecule has 0 heterocycles. The van der Waals surface area contributed by atoms with Gasteiger partial charge in [0.25, 0.3) is 5.91 Å². The minimum Gasteiger partial charge on any atom is -0.466 e. The van der Waals surface area contributed by atoms with Gasteiger partial charge in [-0.2, -0.15) is 0 Å². The fourth-order valence-corrected chi connectivity index (χ4v) is 4.00. The van der Waals surface area contributed by atoms with Crippen LogP contribution in [0.1, 0.15) is 60.1 Å². The van der Waals surface area contributed by atoms with E-state index in [2.05, 4.69) is 16.0 Å². The smallest absolute Gasteiger partial charge is 0.305 e. The van der Waals surface area contributed by atoms with Gasteiger partial charge in [0.15, 0.2) is 5.11 Å². The zero-order valence-electron chi connectivity index (χ0n) is 21.4. The number of esters is 1. The lowest BCUT2D eigenvalue weighted by Crippen LogP contribution is -2.34. The lowest BCUT2D eigenvalue weighted by molar-refractivity contribution is -0.143. The molecule has 7 nitrogen and oxygen atoms in total. The molecule has 0 fully saturated rings. The van der Waals surface area contributed by atoms with E-state index >= 15 is 0 Å². The molecule has 1 unspecified atom stereocenters. The van der Waals surface area contributed by atoms with E-state index in [-0.39, 0.29) is 41.8 Å². The van der Waals surface area contributed by atoms with Crippen LogP contribution in [0.4, 0.5) is 5.69 Å². The average Bonchev–Trinajstić information content (AvgIpc) is 2.92. The van der Waals surface area contributed by atoms with Crippen molar-refractivity contribution in [1.82, 2.24) is 10.6 Å². The molecule has 198 valence electrons. The number of benzene rings is 3. The number of carbonyl (C=O) groups excluding carboxylic acids is 3. The molecule has 0 aromatic heterocycles. The molecule has 3 rings (SSSR count). The molecular weight excluding hydrogens is 498 g/mol. The normalized spacial score (nSPS) is 11.2. The summed E-state index contributed by atoms with van der Waals surface area (Å²) in [7, 11) is 0. The van der Waals surface area contributed by atoms with Crippen LogP contribution < -0.4 is 16.0 Å². The number of aryl methyl sites for hydroxylation is 1. The van der Waals surface area contributed by atoms with Crippen LogP contribution in [-0.2, 0) is 20.7 Å². The van der Waals surface area contributed by atoms with Gasteiger partial charge in [-0.15, -0.1) is 0 Å². The molecule has 2 amide bonds. The van der Waals surface area contributed by atoms with E-state index in [0.717, 1.165) is 18.4 Å². The maximum atomic E-state index is 12.7. The van der Waals surface area contributed by atoms with Crippen LogP contribution in [0, 0.1) is 0 Å². The standard InChI is InChI=1S/C30H33N3O4S/c1-22(24-14-6-3-7-15-24)31-29(36)25-16-8-17-26(21-25)32-30(38)33-27(34)18-9-19-28(35)37-20-10-13-23-11-4-2-5-12-23/h2-8,11-12,14-17,21-22H,9-10,13,18-20H2,1H3,(H,31,36)(H2,32,33,34,38). The number of hydrogen-bond donors (Lipinski definition) is 3. The summed E-state index contributed by atoms with van der Waals surface area (Å²) in [5, 5.41) is 8.62. The zero-order valence-corrected chi connectivity index (χ0v) is 22.3. The van der Waals surface area contributed by atoms with Gasteiger partial charge < -0.3 is 20.7 Å². The minimum atomic E-state index is -0.316. The molecule has 0 aliphatic heterocycles. The molecule has 0 aliphatic rings. The van der Waals surface area contributed by atoms with E-state index in [4.69, 9.17) is 17.0 Å². The largest absolute Gasteiger partial charge is 0.466 e. The summed E-state index contributed by atoms with van der Waals surface area (Å²) in [6, 6.07) is 26.4. The van der Waals surface area contributed by atoms with Crippen molar-refractivity contribution in [3.63, 3.8) is 0 Å². The van der Waals surface area contributed by atoms with Crippen molar-refractivity contribution in [2.45, 2.75) is 45.1 Å². The Balaban J connectivity index is 1.33. The van der Waals surface area contributed by atoms with Gasteiger partial charge in [-0.3, -0.25) is 14.4 Å². The first-order valence-corrected chi connectivity index (χ1v) is 13.1. The number of hydrogen-bond acceptors (Lipinski definition) is 5. The first-order valence-electron chi connectivity index (χ1n) is 12.7. The Kier molecular flexibility index (Phi) is 11.5. The highest BCUT2D eigenvalue weighted by Crippen LogP contribution is 2.15. The predicted molar refractivity (Wildman–Crippen MR) is 153 cm³/mol. The highest BCUT2D eigenvalue weighted by Gasteiger charge is 2.13. The lowest BCUT2D eigenvalue weighted by Gasteiger charge is -2.15. The third-order valence-corrected chi connectivity index (χ3v) is 5.99. The zero-order chi connectivity index (χ0) is 27.2. The predicted octanol–water partition coefficient (Wildman–Crippen LogP) is 5.34. The Morgan fingerprint density at radius 1 is 0.868 bits per heavy atom. The SMILES string of the molecule is CC(NC(=O)c1cccc(NC(=S)NC(=O)CCCC(=O)OCCCc2ccccc2)c1)c1ccccc1. The van der Waals surface area contributed by atoms with Crippen LogP contribution in [0.5, 0.6) is 0 Å². The van der Waals surface area contributed by atoms with Crippen LogP contribution in [0.2, 0.25) is 0 Å². The summed E-state index contributed by atoms with van der Waals surface area (Å²) >= 11 is 5.23. The highest BCUT2D eigenvalue weighted by atomic mass is 32.1. The number of ether oxygens (including phenoxy) is 1. The molecule has 1 atom stereocenters. The van der Waals surface area contributed by atoms with Gasteiger partial charge in [0.05, 0.1) is 12.6 Å². The number of rotatable bonds is 12. The molecule has 0 aliphatic carbocycles. The summed E-state index contributed by atoms with van der Waals surface area (Å²) in [6.45, 7) is 2.28. The number of thiocarbonyl (C=S) groups is 1. The molecular formula is C30H33N3O4S. The van der Waals surface area contributed by atoms with E-state index in [1.807, 2.05) is 67.6 Å².